The smallest absolute Gasteiger partial charge is 0.416 e. The number of para-hydroxylation sites is 1. The summed E-state index contributed by atoms with van der Waals surface area (Å²) in [7, 11) is -3.93. The Labute approximate surface area is 369 Å². The topological polar surface area (TPSA) is 158 Å². The van der Waals surface area contributed by atoms with Gasteiger partial charge in [0.15, 0.2) is 11.6 Å². The number of hydrogen-bond donors (Lipinski definition) is 1. The van der Waals surface area contributed by atoms with Gasteiger partial charge in [-0.15, -0.1) is 6.58 Å². The Hall–Kier alpha value is -5.77. The molecule has 1 saturated heterocycles. The number of halogens is 3. The van der Waals surface area contributed by atoms with E-state index in [4.69, 9.17) is 23.9 Å². The van der Waals surface area contributed by atoms with Crippen LogP contribution in [0.2, 0.25) is 0 Å². The minimum atomic E-state index is -4.54. The molecule has 2 saturated carbocycles. The molecule has 338 valence electrons. The fourth-order valence-electron chi connectivity index (χ4n) is 8.66. The lowest BCUT2D eigenvalue weighted by Gasteiger charge is -2.35. The van der Waals surface area contributed by atoms with Gasteiger partial charge in [-0.25, -0.2) is 13.4 Å². The summed E-state index contributed by atoms with van der Waals surface area (Å²) in [5.74, 6) is -1.88. The molecule has 16 heteroatoms. The number of nitrogens with one attached hydrogen (secondary N) is 1. The maximum atomic E-state index is 15.0. The van der Waals surface area contributed by atoms with Gasteiger partial charge < -0.3 is 18.8 Å². The zero-order valence-electron chi connectivity index (χ0n) is 36.3. The van der Waals surface area contributed by atoms with Crippen LogP contribution < -0.4 is 14.2 Å². The van der Waals surface area contributed by atoms with Crippen LogP contribution in [0.3, 0.4) is 0 Å². The number of nitrogens with zero attached hydrogens (tertiary/aromatic N) is 3. The van der Waals surface area contributed by atoms with Crippen LogP contribution >= 0.6 is 0 Å². The number of likely N-dealkylation sites (tertiary alicyclic amines) is 1. The first-order valence-electron chi connectivity index (χ1n) is 21.5. The predicted molar refractivity (Wildman–Crippen MR) is 234 cm³/mol. The second-order valence-electron chi connectivity index (χ2n) is 18.6. The van der Waals surface area contributed by atoms with E-state index in [9.17, 15) is 31.2 Å². The number of ether oxygens (including phenoxy) is 2. The van der Waals surface area contributed by atoms with E-state index < -0.39 is 79.4 Å². The number of furan rings is 1. The second-order valence-corrected chi connectivity index (χ2v) is 20.6. The molecule has 2 aromatic heterocycles. The van der Waals surface area contributed by atoms with Crippen molar-refractivity contribution in [3.8, 4) is 23.0 Å². The number of carbonyl (C=O) groups excluding carboxylic acids is 3. The molecular formula is C48H51F3N4O8S. The number of rotatable bonds is 15. The molecule has 64 heavy (non-hydrogen) atoms. The number of allylic oxidation sites excluding steroid dienone is 1. The Kier molecular flexibility index (Phi) is 11.7. The summed E-state index contributed by atoms with van der Waals surface area (Å²) in [5, 5.41) is 0.0515. The molecular weight excluding hydrogens is 850 g/mol. The van der Waals surface area contributed by atoms with Gasteiger partial charge in [-0.05, 0) is 105 Å². The number of sulfonamides is 1. The van der Waals surface area contributed by atoms with E-state index in [2.05, 4.69) is 11.3 Å². The second kappa shape index (κ2) is 16.7. The number of carbonyl (C=O) groups is 3. The standard InChI is InChI=1S/C48H51F3N4O8S/c1-7-30-24-47(30,45(58)54-64(59,60)34-20-21-34)25-38(56)37-23-33(26-55(37)44(57)36(46(4,5)6)22-28-12-16-31(17-13-28)48(49,50)51)62-43-41-40(35-10-8-9-11-39(35)63-41)52-42(53-43)29-14-18-32(19-15-29)61-27(2)3/h7-19,27,30,33-34,36-37H,1,20-26H2,2-6H3,(H,54,58)/t30-,33-,36-,37+,47-/m1/s1. The van der Waals surface area contributed by atoms with Crippen molar-refractivity contribution in [3.05, 3.63) is 96.6 Å². The summed E-state index contributed by atoms with van der Waals surface area (Å²) in [6.45, 7) is 13.1. The van der Waals surface area contributed by atoms with Crippen LogP contribution in [-0.2, 0) is 37.0 Å². The largest absolute Gasteiger partial charge is 0.491 e. The normalized spacial score (nSPS) is 21.8. The van der Waals surface area contributed by atoms with Gasteiger partial charge in [0.25, 0.3) is 5.88 Å². The first-order chi connectivity index (χ1) is 30.2. The average molecular weight is 901 g/mol. The van der Waals surface area contributed by atoms with Crippen LogP contribution in [-0.4, -0.2) is 70.9 Å². The van der Waals surface area contributed by atoms with Gasteiger partial charge in [0.05, 0.1) is 34.9 Å². The highest BCUT2D eigenvalue weighted by Crippen LogP contribution is 2.57. The minimum Gasteiger partial charge on any atom is -0.491 e. The van der Waals surface area contributed by atoms with Gasteiger partial charge in [-0.1, -0.05) is 51.1 Å². The molecule has 12 nitrogen and oxygen atoms in total. The molecule has 2 amide bonds. The monoisotopic (exact) mass is 900 g/mol. The van der Waals surface area contributed by atoms with Crippen molar-refractivity contribution in [1.29, 1.82) is 0 Å². The van der Waals surface area contributed by atoms with Crippen LogP contribution in [0.15, 0.2) is 89.9 Å². The third-order valence-electron chi connectivity index (χ3n) is 12.5. The van der Waals surface area contributed by atoms with Gasteiger partial charge in [0.2, 0.25) is 27.4 Å². The maximum absolute atomic E-state index is 15.0. The Morgan fingerprint density at radius 3 is 2.30 bits per heavy atom. The van der Waals surface area contributed by atoms with E-state index in [-0.39, 0.29) is 49.8 Å². The number of benzene rings is 3. The van der Waals surface area contributed by atoms with Crippen molar-refractivity contribution in [2.45, 2.75) is 103 Å². The van der Waals surface area contributed by atoms with Gasteiger partial charge in [0.1, 0.15) is 23.0 Å². The molecule has 1 aliphatic heterocycles. The van der Waals surface area contributed by atoms with Gasteiger partial charge in [-0.3, -0.25) is 19.1 Å². The zero-order valence-corrected chi connectivity index (χ0v) is 37.1. The number of fused-ring (bicyclic) bond motifs is 3. The molecule has 0 spiro atoms. The van der Waals surface area contributed by atoms with E-state index in [1.165, 1.54) is 23.1 Å². The minimum absolute atomic E-state index is 0.0131. The summed E-state index contributed by atoms with van der Waals surface area (Å²) < 4.78 is 87.2. The molecule has 0 unspecified atom stereocenters. The lowest BCUT2D eigenvalue weighted by atomic mass is 9.76. The van der Waals surface area contributed by atoms with E-state index in [0.717, 1.165) is 12.1 Å². The molecule has 5 aromatic rings. The lowest BCUT2D eigenvalue weighted by Crippen LogP contribution is -2.48. The first-order valence-corrected chi connectivity index (χ1v) is 23.0. The van der Waals surface area contributed by atoms with Gasteiger partial charge in [-0.2, -0.15) is 18.2 Å². The summed E-state index contributed by atoms with van der Waals surface area (Å²) in [4.78, 5) is 54.7. The molecule has 0 bridgehead atoms. The van der Waals surface area contributed by atoms with Crippen LogP contribution in [0, 0.1) is 22.7 Å². The first kappa shape index (κ1) is 44.8. The van der Waals surface area contributed by atoms with Crippen LogP contribution in [0.4, 0.5) is 13.2 Å². The Balaban J connectivity index is 1.14. The third-order valence-corrected chi connectivity index (χ3v) is 14.3. The summed E-state index contributed by atoms with van der Waals surface area (Å²) in [6, 6.07) is 18.2. The molecule has 2 aliphatic carbocycles. The van der Waals surface area contributed by atoms with Crippen molar-refractivity contribution in [2.24, 2.45) is 22.7 Å². The molecule has 3 aromatic carbocycles. The SMILES string of the molecule is C=C[C@@H]1C[C@]1(CC(=O)[C@@H]1C[C@@H](Oc2nc(-c3ccc(OC(C)C)cc3)nc3c2oc2ccccc23)CN1C(=O)[C@@H](Cc1ccc(C(F)(F)F)cc1)C(C)(C)C)C(=O)NS(=O)(=O)C1CC1. The highest BCUT2D eigenvalue weighted by Gasteiger charge is 2.61. The highest BCUT2D eigenvalue weighted by molar-refractivity contribution is 7.90. The number of hydrogen-bond acceptors (Lipinski definition) is 10. The van der Waals surface area contributed by atoms with E-state index in [1.54, 1.807) is 6.07 Å². The van der Waals surface area contributed by atoms with E-state index >= 15 is 4.79 Å². The molecule has 8 rings (SSSR count). The Morgan fingerprint density at radius 1 is 1.00 bits per heavy atom. The summed E-state index contributed by atoms with van der Waals surface area (Å²) >= 11 is 0. The molecule has 1 N–H and O–H groups in total. The maximum Gasteiger partial charge on any atom is 0.416 e. The van der Waals surface area contributed by atoms with Crippen LogP contribution in [0.25, 0.3) is 33.5 Å². The van der Waals surface area contributed by atoms with Crippen LogP contribution in [0.5, 0.6) is 11.6 Å². The van der Waals surface area contributed by atoms with Gasteiger partial charge in [0, 0.05) is 29.7 Å². The number of aromatic nitrogens is 2. The van der Waals surface area contributed by atoms with Crippen molar-refractivity contribution < 1.29 is 49.9 Å². The zero-order chi connectivity index (χ0) is 45.9. The number of Topliss-reactive ketones (excluding diaryl/α,β-unsaturated/α-hetero) is 1. The number of amides is 2. The number of alkyl halides is 3. The van der Waals surface area contributed by atoms with Crippen molar-refractivity contribution in [2.75, 3.05) is 6.54 Å². The van der Waals surface area contributed by atoms with Crippen molar-refractivity contribution in [3.63, 3.8) is 0 Å². The third kappa shape index (κ3) is 9.11. The molecule has 3 aliphatic rings. The molecule has 0 radical (unpaired) electrons. The molecule has 3 fully saturated rings. The molecule has 3 heterocycles. The average Bonchev–Trinajstić information content (AvgIpc) is 4.14. The molecule has 5 atom stereocenters. The highest BCUT2D eigenvalue weighted by atomic mass is 32.2. The Morgan fingerprint density at radius 2 is 1.69 bits per heavy atom. The quantitative estimate of drug-likeness (QED) is 0.101. The van der Waals surface area contributed by atoms with Crippen molar-refractivity contribution in [1.82, 2.24) is 19.6 Å². The van der Waals surface area contributed by atoms with Crippen molar-refractivity contribution >= 4 is 49.7 Å². The predicted octanol–water partition coefficient (Wildman–Crippen LogP) is 8.86. The summed E-state index contributed by atoms with van der Waals surface area (Å²) in [5.41, 5.74) is -0.483. The summed E-state index contributed by atoms with van der Waals surface area (Å²) in [6.07, 6.45) is -3.09. The van der Waals surface area contributed by atoms with E-state index in [0.29, 0.717) is 52.0 Å². The fourth-order valence-corrected chi connectivity index (χ4v) is 10.0. The van der Waals surface area contributed by atoms with Gasteiger partial charge >= 0.3 is 6.18 Å². The number of ketones is 1. The lowest BCUT2D eigenvalue weighted by molar-refractivity contribution is -0.144. The van der Waals surface area contributed by atoms with E-state index in [1.807, 2.05) is 77.1 Å². The fraction of sp³-hybridized carbons (Fsp3) is 0.438. The Bertz CT molecular complexity index is 2730. The van der Waals surface area contributed by atoms with Crippen LogP contribution in [0.1, 0.15) is 77.8 Å².